The van der Waals surface area contributed by atoms with E-state index in [9.17, 15) is 9.59 Å². The molecule has 1 amide bonds. The summed E-state index contributed by atoms with van der Waals surface area (Å²) in [7, 11) is 1.63. The number of nitrogens with zero attached hydrogens (tertiary/aromatic N) is 2. The van der Waals surface area contributed by atoms with Crippen LogP contribution in [0.5, 0.6) is 0 Å². The first-order chi connectivity index (χ1) is 15.3. The zero-order chi connectivity index (χ0) is 23.3. The lowest BCUT2D eigenvalue weighted by atomic mass is 10.0. The quantitative estimate of drug-likeness (QED) is 0.277. The van der Waals surface area contributed by atoms with Crippen LogP contribution in [-0.2, 0) is 16.1 Å². The smallest absolute Gasteiger partial charge is 0.262 e. The zero-order valence-electron chi connectivity index (χ0n) is 18.8. The van der Waals surface area contributed by atoms with Gasteiger partial charge in [0.05, 0.1) is 22.7 Å². The number of carbonyl (C=O) groups is 1. The molecule has 1 heterocycles. The van der Waals surface area contributed by atoms with Gasteiger partial charge in [-0.2, -0.15) is 0 Å². The van der Waals surface area contributed by atoms with E-state index in [1.165, 1.54) is 22.9 Å². The van der Waals surface area contributed by atoms with Crippen molar-refractivity contribution in [1.82, 2.24) is 14.9 Å². The lowest BCUT2D eigenvalue weighted by Gasteiger charge is -2.16. The highest BCUT2D eigenvalue weighted by Gasteiger charge is 2.15. The van der Waals surface area contributed by atoms with E-state index < -0.39 is 0 Å². The Bertz CT molecular complexity index is 1180. The van der Waals surface area contributed by atoms with Crippen LogP contribution in [0, 0.1) is 13.8 Å². The highest BCUT2D eigenvalue weighted by atomic mass is 35.5. The molecule has 1 aromatic heterocycles. The van der Waals surface area contributed by atoms with Crippen molar-refractivity contribution in [2.75, 3.05) is 19.5 Å². The molecule has 3 rings (SSSR count). The molecule has 3 aromatic rings. The van der Waals surface area contributed by atoms with E-state index in [4.69, 9.17) is 16.3 Å². The first kappa shape index (κ1) is 24.3. The maximum Gasteiger partial charge on any atom is 0.262 e. The number of thioether (sulfide) groups is 1. The molecule has 170 valence electrons. The zero-order valence-corrected chi connectivity index (χ0v) is 20.3. The standard InChI is InChI=1S/C24H28ClN3O3S/c1-15-6-7-18(12-16(15)2)17(3)26-22(29)14-32-24-27-21-13-19(25)8-9-20(21)23(30)28(24)10-5-11-31-4/h6-9,12-13,17H,5,10-11,14H2,1-4H3,(H,26,29). The van der Waals surface area contributed by atoms with Crippen molar-refractivity contribution in [3.8, 4) is 0 Å². The number of aromatic nitrogens is 2. The summed E-state index contributed by atoms with van der Waals surface area (Å²) in [5.41, 5.74) is 3.85. The summed E-state index contributed by atoms with van der Waals surface area (Å²) in [6, 6.07) is 11.1. The van der Waals surface area contributed by atoms with E-state index in [0.29, 0.717) is 40.7 Å². The van der Waals surface area contributed by atoms with Crippen LogP contribution in [0.15, 0.2) is 46.3 Å². The number of methoxy groups -OCH3 is 1. The lowest BCUT2D eigenvalue weighted by Crippen LogP contribution is -2.29. The number of hydrogen-bond acceptors (Lipinski definition) is 5. The SMILES string of the molecule is COCCCn1c(SCC(=O)NC(C)c2ccc(C)c(C)c2)nc2cc(Cl)ccc2c1=O. The minimum Gasteiger partial charge on any atom is -0.385 e. The van der Waals surface area contributed by atoms with Gasteiger partial charge in [-0.25, -0.2) is 4.98 Å². The number of hydrogen-bond donors (Lipinski definition) is 1. The maximum atomic E-state index is 13.0. The van der Waals surface area contributed by atoms with Gasteiger partial charge in [-0.05, 0) is 62.1 Å². The van der Waals surface area contributed by atoms with Crippen LogP contribution >= 0.6 is 23.4 Å². The van der Waals surface area contributed by atoms with Crippen molar-refractivity contribution in [3.63, 3.8) is 0 Å². The molecule has 0 aliphatic rings. The van der Waals surface area contributed by atoms with Gasteiger partial charge in [-0.15, -0.1) is 0 Å². The Hall–Kier alpha value is -2.35. The van der Waals surface area contributed by atoms with E-state index in [2.05, 4.69) is 36.3 Å². The Balaban J connectivity index is 1.77. The van der Waals surface area contributed by atoms with Crippen LogP contribution < -0.4 is 10.9 Å². The van der Waals surface area contributed by atoms with Crippen molar-refractivity contribution < 1.29 is 9.53 Å². The second-order valence-corrected chi connectivity index (χ2v) is 9.16. The molecule has 0 aliphatic heterocycles. The van der Waals surface area contributed by atoms with Gasteiger partial charge in [0.2, 0.25) is 5.91 Å². The molecule has 0 aliphatic carbocycles. The summed E-state index contributed by atoms with van der Waals surface area (Å²) in [4.78, 5) is 30.3. The molecular weight excluding hydrogens is 446 g/mol. The Morgan fingerprint density at radius 3 is 2.72 bits per heavy atom. The molecule has 8 heteroatoms. The van der Waals surface area contributed by atoms with Gasteiger partial charge in [-0.3, -0.25) is 14.2 Å². The number of nitrogens with one attached hydrogen (secondary N) is 1. The van der Waals surface area contributed by atoms with Crippen LogP contribution in [0.2, 0.25) is 5.02 Å². The monoisotopic (exact) mass is 473 g/mol. The molecule has 0 spiro atoms. The minimum atomic E-state index is -0.144. The first-order valence-electron chi connectivity index (χ1n) is 10.5. The molecular formula is C24H28ClN3O3S. The predicted octanol–water partition coefficient (Wildman–Crippen LogP) is 4.67. The first-order valence-corrected chi connectivity index (χ1v) is 11.8. The number of rotatable bonds is 9. The number of ether oxygens (including phenoxy) is 1. The fourth-order valence-electron chi connectivity index (χ4n) is 3.38. The largest absolute Gasteiger partial charge is 0.385 e. The summed E-state index contributed by atoms with van der Waals surface area (Å²) in [6.07, 6.45) is 0.667. The third-order valence-corrected chi connectivity index (χ3v) is 6.56. The summed E-state index contributed by atoms with van der Waals surface area (Å²) in [6.45, 7) is 7.08. The van der Waals surface area contributed by atoms with Gasteiger partial charge in [0.1, 0.15) is 0 Å². The lowest BCUT2D eigenvalue weighted by molar-refractivity contribution is -0.119. The van der Waals surface area contributed by atoms with Gasteiger partial charge < -0.3 is 10.1 Å². The Labute approximate surface area is 197 Å². The number of benzene rings is 2. The van der Waals surface area contributed by atoms with Crippen LogP contribution in [-0.4, -0.2) is 34.9 Å². The van der Waals surface area contributed by atoms with Crippen molar-refractivity contribution in [3.05, 3.63) is 68.5 Å². The molecule has 2 aromatic carbocycles. The molecule has 0 saturated carbocycles. The van der Waals surface area contributed by atoms with Crippen LogP contribution in [0.25, 0.3) is 10.9 Å². The Kier molecular flexibility index (Phi) is 8.34. The van der Waals surface area contributed by atoms with E-state index in [0.717, 1.165) is 5.56 Å². The second kappa shape index (κ2) is 11.0. The fraction of sp³-hybridized carbons (Fsp3) is 0.375. The van der Waals surface area contributed by atoms with Gasteiger partial charge in [-0.1, -0.05) is 41.6 Å². The van der Waals surface area contributed by atoms with Crippen LogP contribution in [0.4, 0.5) is 0 Å². The van der Waals surface area contributed by atoms with E-state index >= 15 is 0 Å². The molecule has 1 atom stereocenters. The highest BCUT2D eigenvalue weighted by molar-refractivity contribution is 7.99. The fourth-order valence-corrected chi connectivity index (χ4v) is 4.38. The molecule has 32 heavy (non-hydrogen) atoms. The van der Waals surface area contributed by atoms with Crippen molar-refractivity contribution >= 4 is 40.2 Å². The summed E-state index contributed by atoms with van der Waals surface area (Å²) < 4.78 is 6.73. The number of aryl methyl sites for hydroxylation is 2. The highest BCUT2D eigenvalue weighted by Crippen LogP contribution is 2.22. The predicted molar refractivity (Wildman–Crippen MR) is 131 cm³/mol. The molecule has 0 fully saturated rings. The van der Waals surface area contributed by atoms with Gasteiger partial charge in [0.15, 0.2) is 5.16 Å². The summed E-state index contributed by atoms with van der Waals surface area (Å²) in [5.74, 6) is 0.0300. The van der Waals surface area contributed by atoms with Crippen LogP contribution in [0.3, 0.4) is 0 Å². The second-order valence-electron chi connectivity index (χ2n) is 7.78. The van der Waals surface area contributed by atoms with Crippen LogP contribution in [0.1, 0.15) is 36.1 Å². The topological polar surface area (TPSA) is 73.2 Å². The van der Waals surface area contributed by atoms with Crippen molar-refractivity contribution in [1.29, 1.82) is 0 Å². The van der Waals surface area contributed by atoms with Crippen molar-refractivity contribution in [2.24, 2.45) is 0 Å². The Morgan fingerprint density at radius 2 is 2.00 bits per heavy atom. The number of carbonyl (C=O) groups excluding carboxylic acids is 1. The molecule has 0 radical (unpaired) electrons. The summed E-state index contributed by atoms with van der Waals surface area (Å²) in [5, 5.41) is 4.54. The average molecular weight is 474 g/mol. The number of amides is 1. The van der Waals surface area contributed by atoms with Crippen molar-refractivity contribution in [2.45, 2.75) is 44.9 Å². The van der Waals surface area contributed by atoms with Gasteiger partial charge in [0, 0.05) is 25.3 Å². The van der Waals surface area contributed by atoms with Gasteiger partial charge >= 0.3 is 0 Å². The van der Waals surface area contributed by atoms with E-state index in [1.54, 1.807) is 29.9 Å². The van der Waals surface area contributed by atoms with E-state index in [1.807, 2.05) is 13.0 Å². The third kappa shape index (κ3) is 5.91. The molecule has 6 nitrogen and oxygen atoms in total. The maximum absolute atomic E-state index is 13.0. The number of halogens is 1. The average Bonchev–Trinajstić information content (AvgIpc) is 2.75. The summed E-state index contributed by atoms with van der Waals surface area (Å²) >= 11 is 7.34. The Morgan fingerprint density at radius 1 is 1.22 bits per heavy atom. The molecule has 1 N–H and O–H groups in total. The van der Waals surface area contributed by atoms with E-state index in [-0.39, 0.29) is 23.3 Å². The van der Waals surface area contributed by atoms with Gasteiger partial charge in [0.25, 0.3) is 5.56 Å². The normalized spacial score (nSPS) is 12.2. The third-order valence-electron chi connectivity index (χ3n) is 5.35. The molecule has 0 saturated heterocycles. The minimum absolute atomic E-state index is 0.116. The molecule has 1 unspecified atom stereocenters. The molecule has 0 bridgehead atoms. The number of fused-ring (bicyclic) bond motifs is 1.